The largest absolute Gasteiger partial charge is 0.392 e. The topological polar surface area (TPSA) is 57.6 Å². The Morgan fingerprint density at radius 2 is 2.00 bits per heavy atom. The van der Waals surface area contributed by atoms with E-state index < -0.39 is 9.84 Å². The van der Waals surface area contributed by atoms with Crippen molar-refractivity contribution < 1.29 is 13.5 Å². The number of benzene rings is 1. The summed E-state index contributed by atoms with van der Waals surface area (Å²) in [6, 6.07) is 7.60. The molecule has 1 aromatic rings. The maximum atomic E-state index is 11.5. The number of sulfone groups is 1. The lowest BCUT2D eigenvalue weighted by atomic mass is 10.2. The average Bonchev–Trinajstić information content (AvgIpc) is 2.28. The minimum Gasteiger partial charge on any atom is -0.392 e. The van der Waals surface area contributed by atoms with E-state index in [0.717, 1.165) is 11.3 Å². The van der Waals surface area contributed by atoms with Gasteiger partial charge in [0.25, 0.3) is 0 Å². The Morgan fingerprint density at radius 3 is 2.53 bits per heavy atom. The highest BCUT2D eigenvalue weighted by molar-refractivity contribution is 7.91. The third-order valence-corrected chi connectivity index (χ3v) is 4.92. The first kappa shape index (κ1) is 12.4. The molecule has 17 heavy (non-hydrogen) atoms. The van der Waals surface area contributed by atoms with Gasteiger partial charge >= 0.3 is 0 Å². The summed E-state index contributed by atoms with van der Waals surface area (Å²) in [6.45, 7) is 2.50. The van der Waals surface area contributed by atoms with Crippen LogP contribution in [0, 0.1) is 0 Å². The van der Waals surface area contributed by atoms with E-state index in [2.05, 4.69) is 4.90 Å². The maximum Gasteiger partial charge on any atom is 0.154 e. The quantitative estimate of drug-likeness (QED) is 0.849. The lowest BCUT2D eigenvalue weighted by molar-refractivity contribution is 0.282. The van der Waals surface area contributed by atoms with Crippen molar-refractivity contribution in [1.82, 2.24) is 0 Å². The molecule has 1 aliphatic rings. The van der Waals surface area contributed by atoms with Crippen molar-refractivity contribution in [2.24, 2.45) is 0 Å². The first-order valence-electron chi connectivity index (χ1n) is 5.69. The fourth-order valence-corrected chi connectivity index (χ4v) is 3.73. The highest BCUT2D eigenvalue weighted by Gasteiger charge is 2.27. The third kappa shape index (κ3) is 2.79. The fraction of sp³-hybridized carbons (Fsp3) is 0.500. The molecule has 1 heterocycles. The molecular weight excluding hydrogens is 238 g/mol. The summed E-state index contributed by atoms with van der Waals surface area (Å²) in [5, 5.41) is 8.97. The first-order chi connectivity index (χ1) is 8.02. The Morgan fingerprint density at radius 1 is 1.35 bits per heavy atom. The monoisotopic (exact) mass is 255 g/mol. The highest BCUT2D eigenvalue weighted by atomic mass is 32.2. The van der Waals surface area contributed by atoms with Crippen LogP contribution in [-0.2, 0) is 16.4 Å². The second-order valence-electron chi connectivity index (χ2n) is 4.48. The van der Waals surface area contributed by atoms with E-state index in [1.807, 2.05) is 31.2 Å². The molecule has 0 bridgehead atoms. The van der Waals surface area contributed by atoms with Crippen LogP contribution in [0.2, 0.25) is 0 Å². The molecule has 0 aromatic heterocycles. The van der Waals surface area contributed by atoms with Crippen LogP contribution >= 0.6 is 0 Å². The van der Waals surface area contributed by atoms with Crippen LogP contribution < -0.4 is 4.90 Å². The van der Waals surface area contributed by atoms with E-state index in [-0.39, 0.29) is 24.2 Å². The van der Waals surface area contributed by atoms with E-state index >= 15 is 0 Å². The van der Waals surface area contributed by atoms with Crippen molar-refractivity contribution in [3.8, 4) is 0 Å². The normalized spacial score (nSPS) is 23.6. The number of rotatable bonds is 2. The van der Waals surface area contributed by atoms with Crippen LogP contribution in [0.25, 0.3) is 0 Å². The molecule has 5 heteroatoms. The number of hydrogen-bond acceptors (Lipinski definition) is 4. The van der Waals surface area contributed by atoms with Crippen molar-refractivity contribution in [2.45, 2.75) is 19.6 Å². The molecule has 1 N–H and O–H groups in total. The van der Waals surface area contributed by atoms with Gasteiger partial charge in [0.1, 0.15) is 0 Å². The Bertz CT molecular complexity index is 481. The van der Waals surface area contributed by atoms with Gasteiger partial charge in [-0.15, -0.1) is 0 Å². The molecule has 0 radical (unpaired) electrons. The Hall–Kier alpha value is -1.07. The van der Waals surface area contributed by atoms with E-state index in [1.165, 1.54) is 0 Å². The van der Waals surface area contributed by atoms with E-state index in [4.69, 9.17) is 5.11 Å². The smallest absolute Gasteiger partial charge is 0.154 e. The lowest BCUT2D eigenvalue weighted by Gasteiger charge is -2.35. The Balaban J connectivity index is 2.17. The minimum absolute atomic E-state index is 0.00808. The summed E-state index contributed by atoms with van der Waals surface area (Å²) in [7, 11) is -2.87. The van der Waals surface area contributed by atoms with Crippen LogP contribution in [0.15, 0.2) is 24.3 Å². The second-order valence-corrected chi connectivity index (χ2v) is 6.71. The number of aliphatic hydroxyl groups is 1. The average molecular weight is 255 g/mol. The van der Waals surface area contributed by atoms with E-state index in [0.29, 0.717) is 6.54 Å². The summed E-state index contributed by atoms with van der Waals surface area (Å²) in [5.74, 6) is 0.438. The van der Waals surface area contributed by atoms with Crippen molar-refractivity contribution in [3.63, 3.8) is 0 Å². The van der Waals surface area contributed by atoms with E-state index in [1.54, 1.807) is 0 Å². The standard InChI is InChI=1S/C12H17NO3S/c1-10-9-17(15,16)7-6-13(10)12-4-2-11(8-14)3-5-12/h2-5,10,14H,6-9H2,1H3. The predicted molar refractivity (Wildman–Crippen MR) is 67.8 cm³/mol. The van der Waals surface area contributed by atoms with Crippen LogP contribution in [0.5, 0.6) is 0 Å². The first-order valence-corrected chi connectivity index (χ1v) is 7.51. The van der Waals surface area contributed by atoms with Crippen molar-refractivity contribution >= 4 is 15.5 Å². The van der Waals surface area contributed by atoms with Crippen molar-refractivity contribution in [3.05, 3.63) is 29.8 Å². The van der Waals surface area contributed by atoms with Crippen LogP contribution in [0.1, 0.15) is 12.5 Å². The van der Waals surface area contributed by atoms with Crippen LogP contribution in [0.3, 0.4) is 0 Å². The number of nitrogens with zero attached hydrogens (tertiary/aromatic N) is 1. The van der Waals surface area contributed by atoms with Gasteiger partial charge in [-0.25, -0.2) is 8.42 Å². The molecule has 94 valence electrons. The van der Waals surface area contributed by atoms with Crippen molar-refractivity contribution in [1.29, 1.82) is 0 Å². The predicted octanol–water partition coefficient (Wildman–Crippen LogP) is 0.802. The van der Waals surface area contributed by atoms with Gasteiger partial charge in [0.05, 0.1) is 18.1 Å². The zero-order valence-corrected chi connectivity index (χ0v) is 10.7. The lowest BCUT2D eigenvalue weighted by Crippen LogP contribution is -2.46. The van der Waals surface area contributed by atoms with Gasteiger partial charge in [-0.05, 0) is 24.6 Å². The molecule has 1 aliphatic heterocycles. The molecular formula is C12H17NO3S. The molecule has 2 rings (SSSR count). The van der Waals surface area contributed by atoms with Crippen molar-refractivity contribution in [2.75, 3.05) is 23.0 Å². The highest BCUT2D eigenvalue weighted by Crippen LogP contribution is 2.22. The number of aliphatic hydroxyl groups excluding tert-OH is 1. The summed E-state index contributed by atoms with van der Waals surface area (Å²) >= 11 is 0. The molecule has 1 unspecified atom stereocenters. The van der Waals surface area contributed by atoms with Gasteiger partial charge < -0.3 is 10.0 Å². The molecule has 0 saturated carbocycles. The van der Waals surface area contributed by atoms with Gasteiger partial charge in [0, 0.05) is 18.3 Å². The summed E-state index contributed by atoms with van der Waals surface area (Å²) < 4.78 is 23.0. The molecule has 4 nitrogen and oxygen atoms in total. The Kier molecular flexibility index (Phi) is 3.40. The molecule has 0 spiro atoms. The van der Waals surface area contributed by atoms with Crippen LogP contribution in [-0.4, -0.2) is 37.6 Å². The van der Waals surface area contributed by atoms with Crippen LogP contribution in [0.4, 0.5) is 5.69 Å². The zero-order valence-electron chi connectivity index (χ0n) is 9.83. The van der Waals surface area contributed by atoms with Gasteiger partial charge in [-0.1, -0.05) is 12.1 Å². The van der Waals surface area contributed by atoms with Gasteiger partial charge in [0.2, 0.25) is 0 Å². The molecule has 1 saturated heterocycles. The second kappa shape index (κ2) is 4.66. The summed E-state index contributed by atoms with van der Waals surface area (Å²) in [5.41, 5.74) is 1.88. The van der Waals surface area contributed by atoms with Gasteiger partial charge in [-0.2, -0.15) is 0 Å². The maximum absolute atomic E-state index is 11.5. The fourth-order valence-electron chi connectivity index (χ4n) is 2.18. The summed E-state index contributed by atoms with van der Waals surface area (Å²) in [4.78, 5) is 2.10. The SMILES string of the molecule is CC1CS(=O)(=O)CCN1c1ccc(CO)cc1. The number of hydrogen-bond donors (Lipinski definition) is 1. The molecule has 0 aliphatic carbocycles. The third-order valence-electron chi connectivity index (χ3n) is 3.12. The molecule has 1 atom stereocenters. The van der Waals surface area contributed by atoms with E-state index in [9.17, 15) is 8.42 Å². The van der Waals surface area contributed by atoms with Gasteiger partial charge in [-0.3, -0.25) is 0 Å². The zero-order chi connectivity index (χ0) is 12.5. The van der Waals surface area contributed by atoms with Gasteiger partial charge in [0.15, 0.2) is 9.84 Å². The summed E-state index contributed by atoms with van der Waals surface area (Å²) in [6.07, 6.45) is 0. The molecule has 0 amide bonds. The molecule has 1 aromatic carbocycles. The molecule has 1 fully saturated rings. The minimum atomic E-state index is -2.87. The Labute approximate surface area is 102 Å². The number of anilines is 1.